The summed E-state index contributed by atoms with van der Waals surface area (Å²) in [4.78, 5) is 5.91. The Morgan fingerprint density at radius 1 is 1.28 bits per heavy atom. The summed E-state index contributed by atoms with van der Waals surface area (Å²) < 4.78 is 7.74. The lowest BCUT2D eigenvalue weighted by atomic mass is 10.1. The van der Waals surface area contributed by atoms with Crippen molar-refractivity contribution in [2.24, 2.45) is 4.99 Å². The van der Waals surface area contributed by atoms with Crippen molar-refractivity contribution in [2.75, 3.05) is 13.1 Å². The average Bonchev–Trinajstić information content (AvgIpc) is 3.05. The topological polar surface area (TPSA) is 28.7 Å². The van der Waals surface area contributed by atoms with Crippen LogP contribution >= 0.6 is 11.9 Å². The Morgan fingerprint density at radius 3 is 3.17 bits per heavy atom. The van der Waals surface area contributed by atoms with Crippen LogP contribution in [0.1, 0.15) is 12.0 Å². The Bertz CT molecular complexity index is 619. The zero-order valence-electron chi connectivity index (χ0n) is 9.80. The van der Waals surface area contributed by atoms with Gasteiger partial charge in [0.2, 0.25) is 0 Å². The number of furan rings is 1. The normalized spacial score (nSPS) is 17.3. The van der Waals surface area contributed by atoms with E-state index in [1.165, 1.54) is 10.5 Å². The third-order valence-electron chi connectivity index (χ3n) is 3.25. The minimum Gasteiger partial charge on any atom is -0.464 e. The number of benzene rings is 1. The second kappa shape index (κ2) is 3.92. The van der Waals surface area contributed by atoms with Crippen LogP contribution in [0.2, 0.25) is 0 Å². The Hall–Kier alpha value is -1.68. The lowest BCUT2D eigenvalue weighted by Crippen LogP contribution is -2.26. The monoisotopic (exact) mass is 256 g/mol. The molecule has 0 aliphatic carbocycles. The molecule has 0 fully saturated rings. The van der Waals surface area contributed by atoms with Crippen molar-refractivity contribution in [1.29, 1.82) is 0 Å². The van der Waals surface area contributed by atoms with E-state index in [-0.39, 0.29) is 0 Å². The van der Waals surface area contributed by atoms with Crippen molar-refractivity contribution in [3.8, 4) is 11.3 Å². The van der Waals surface area contributed by atoms with Gasteiger partial charge in [-0.25, -0.2) is 0 Å². The first-order chi connectivity index (χ1) is 8.92. The molecule has 1 aromatic carbocycles. The summed E-state index contributed by atoms with van der Waals surface area (Å²) in [5.41, 5.74) is 2.39. The van der Waals surface area contributed by atoms with Crippen molar-refractivity contribution in [3.63, 3.8) is 0 Å². The van der Waals surface area contributed by atoms with Crippen LogP contribution < -0.4 is 0 Å². The number of amidine groups is 1. The van der Waals surface area contributed by atoms with Gasteiger partial charge in [0.1, 0.15) is 11.6 Å². The maximum Gasteiger partial charge on any atom is 0.142 e. The molecule has 0 radical (unpaired) electrons. The van der Waals surface area contributed by atoms with E-state index in [2.05, 4.69) is 27.5 Å². The van der Waals surface area contributed by atoms with Gasteiger partial charge in [-0.3, -0.25) is 9.30 Å². The summed E-state index contributed by atoms with van der Waals surface area (Å²) >= 11 is 1.79. The lowest BCUT2D eigenvalue weighted by molar-refractivity contribution is 0.582. The van der Waals surface area contributed by atoms with E-state index < -0.39 is 0 Å². The van der Waals surface area contributed by atoms with Gasteiger partial charge in [0.25, 0.3) is 0 Å². The van der Waals surface area contributed by atoms with Crippen LogP contribution in [-0.4, -0.2) is 23.2 Å². The first-order valence-corrected chi connectivity index (χ1v) is 6.87. The van der Waals surface area contributed by atoms with E-state index >= 15 is 0 Å². The average molecular weight is 256 g/mol. The molecule has 0 bridgehead atoms. The fourth-order valence-corrected chi connectivity index (χ4v) is 3.53. The summed E-state index contributed by atoms with van der Waals surface area (Å²) in [7, 11) is 0. The molecule has 2 aliphatic rings. The van der Waals surface area contributed by atoms with E-state index in [9.17, 15) is 0 Å². The van der Waals surface area contributed by atoms with Crippen LogP contribution in [0.4, 0.5) is 0 Å². The molecule has 0 atom stereocenters. The molecule has 3 nitrogen and oxygen atoms in total. The van der Waals surface area contributed by atoms with Crippen LogP contribution in [-0.2, 0) is 0 Å². The Balaban J connectivity index is 1.79. The fraction of sp³-hybridized carbons (Fsp3) is 0.214. The van der Waals surface area contributed by atoms with E-state index in [0.717, 1.165) is 36.7 Å². The largest absolute Gasteiger partial charge is 0.464 e. The summed E-state index contributed by atoms with van der Waals surface area (Å²) in [6, 6.07) is 10.4. The third-order valence-corrected chi connectivity index (χ3v) is 4.36. The molecule has 3 heterocycles. The second-order valence-electron chi connectivity index (χ2n) is 4.44. The minimum absolute atomic E-state index is 0.921. The van der Waals surface area contributed by atoms with E-state index in [4.69, 9.17) is 4.42 Å². The smallest absolute Gasteiger partial charge is 0.142 e. The highest BCUT2D eigenvalue weighted by molar-refractivity contribution is 7.98. The molecule has 1 aromatic heterocycles. The Morgan fingerprint density at radius 2 is 2.28 bits per heavy atom. The minimum atomic E-state index is 0.921. The highest BCUT2D eigenvalue weighted by Crippen LogP contribution is 2.39. The molecule has 0 N–H and O–H groups in total. The number of nitrogens with zero attached hydrogens (tertiary/aromatic N) is 2. The maximum atomic E-state index is 5.44. The number of hydrogen-bond acceptors (Lipinski definition) is 4. The maximum absolute atomic E-state index is 5.44. The van der Waals surface area contributed by atoms with Crippen LogP contribution in [0.15, 0.2) is 50.9 Å². The second-order valence-corrected chi connectivity index (χ2v) is 5.50. The van der Waals surface area contributed by atoms with Crippen molar-refractivity contribution >= 4 is 17.8 Å². The molecule has 4 rings (SSSR count). The van der Waals surface area contributed by atoms with Gasteiger partial charge in [0.15, 0.2) is 0 Å². The van der Waals surface area contributed by atoms with Crippen LogP contribution in [0.25, 0.3) is 11.3 Å². The predicted octanol–water partition coefficient (Wildman–Crippen LogP) is 3.42. The molecule has 0 amide bonds. The third kappa shape index (κ3) is 1.49. The van der Waals surface area contributed by atoms with Gasteiger partial charge in [0, 0.05) is 29.1 Å². The Labute approximate surface area is 110 Å². The first kappa shape index (κ1) is 10.3. The van der Waals surface area contributed by atoms with Gasteiger partial charge < -0.3 is 4.42 Å². The number of rotatable bonds is 1. The van der Waals surface area contributed by atoms with E-state index in [1.807, 2.05) is 12.1 Å². The van der Waals surface area contributed by atoms with E-state index in [1.54, 1.807) is 18.2 Å². The quantitative estimate of drug-likeness (QED) is 0.732. The van der Waals surface area contributed by atoms with Crippen LogP contribution in [0, 0.1) is 0 Å². The van der Waals surface area contributed by atoms with Gasteiger partial charge in [-0.05, 0) is 42.6 Å². The Kier molecular flexibility index (Phi) is 2.23. The summed E-state index contributed by atoms with van der Waals surface area (Å²) in [6.07, 6.45) is 2.86. The molecule has 0 unspecified atom stereocenters. The van der Waals surface area contributed by atoms with E-state index in [0.29, 0.717) is 0 Å². The van der Waals surface area contributed by atoms with Gasteiger partial charge in [0.05, 0.1) is 6.26 Å². The van der Waals surface area contributed by atoms with Gasteiger partial charge in [-0.1, -0.05) is 6.07 Å². The van der Waals surface area contributed by atoms with Crippen molar-refractivity contribution in [1.82, 2.24) is 4.31 Å². The lowest BCUT2D eigenvalue weighted by Gasteiger charge is -2.20. The SMILES string of the molecule is c1coc(-c2ccc3c(c2)SN2CCCN=C32)c1. The molecule has 0 saturated carbocycles. The molecule has 0 saturated heterocycles. The van der Waals surface area contributed by atoms with Crippen molar-refractivity contribution < 1.29 is 4.42 Å². The summed E-state index contributed by atoms with van der Waals surface area (Å²) in [5, 5.41) is 0. The molecule has 2 aliphatic heterocycles. The summed E-state index contributed by atoms with van der Waals surface area (Å²) in [6.45, 7) is 2.04. The molecule has 18 heavy (non-hydrogen) atoms. The molecule has 4 heteroatoms. The van der Waals surface area contributed by atoms with Crippen molar-refractivity contribution in [3.05, 3.63) is 42.2 Å². The first-order valence-electron chi connectivity index (χ1n) is 6.10. The summed E-state index contributed by atoms with van der Waals surface area (Å²) in [5.74, 6) is 2.07. The van der Waals surface area contributed by atoms with Crippen LogP contribution in [0.3, 0.4) is 0 Å². The highest BCUT2D eigenvalue weighted by Gasteiger charge is 2.28. The predicted molar refractivity (Wildman–Crippen MR) is 72.7 cm³/mol. The van der Waals surface area contributed by atoms with Gasteiger partial charge in [-0.15, -0.1) is 0 Å². The zero-order valence-corrected chi connectivity index (χ0v) is 10.6. The van der Waals surface area contributed by atoms with Gasteiger partial charge in [-0.2, -0.15) is 0 Å². The molecule has 2 aromatic rings. The fourth-order valence-electron chi connectivity index (χ4n) is 2.39. The zero-order chi connectivity index (χ0) is 11.9. The number of fused-ring (bicyclic) bond motifs is 3. The molecular weight excluding hydrogens is 244 g/mol. The standard InChI is InChI=1S/C14H12N2OS/c1-3-12(17-8-1)10-4-5-11-13(9-10)18-16-7-2-6-15-14(11)16/h1,3-5,8-9H,2,6-7H2. The van der Waals surface area contributed by atoms with Crippen molar-refractivity contribution in [2.45, 2.75) is 11.3 Å². The highest BCUT2D eigenvalue weighted by atomic mass is 32.2. The molecule has 90 valence electrons. The van der Waals surface area contributed by atoms with Gasteiger partial charge >= 0.3 is 0 Å². The molecular formula is C14H12N2OS. The number of hydrogen-bond donors (Lipinski definition) is 0. The van der Waals surface area contributed by atoms with Crippen LogP contribution in [0.5, 0.6) is 0 Å². The molecule has 0 spiro atoms. The number of aliphatic imine (C=N–C) groups is 1.